The van der Waals surface area contributed by atoms with Gasteiger partial charge < -0.3 is 4.74 Å². The average molecular weight is 124 g/mol. The zero-order valence-corrected chi connectivity index (χ0v) is 5.55. The second-order valence-corrected chi connectivity index (χ2v) is 3.02. The fraction of sp³-hybridized carbons (Fsp3) is 0.750. The van der Waals surface area contributed by atoms with Crippen molar-refractivity contribution < 1.29 is 4.74 Å². The van der Waals surface area contributed by atoms with E-state index in [0.29, 0.717) is 12.2 Å². The molecule has 1 heterocycles. The summed E-state index contributed by atoms with van der Waals surface area (Å²) in [5, 5.41) is 0. The molecule has 0 N–H and O–H groups in total. The maximum atomic E-state index is 5.36. The highest BCUT2D eigenvalue weighted by atomic mass is 16.6. The molecule has 50 valence electrons. The van der Waals surface area contributed by atoms with Gasteiger partial charge in [-0.1, -0.05) is 6.08 Å². The lowest BCUT2D eigenvalue weighted by Crippen LogP contribution is -2.10. The Morgan fingerprint density at radius 1 is 1.33 bits per heavy atom. The highest BCUT2D eigenvalue weighted by Crippen LogP contribution is 2.39. The zero-order valence-electron chi connectivity index (χ0n) is 5.55. The number of allylic oxidation sites excluding steroid dienone is 1. The Kier molecular flexibility index (Phi) is 1.12. The molecule has 0 aromatic heterocycles. The van der Waals surface area contributed by atoms with Crippen LogP contribution in [0.2, 0.25) is 0 Å². The monoisotopic (exact) mass is 124 g/mol. The molecule has 1 heteroatoms. The van der Waals surface area contributed by atoms with E-state index >= 15 is 0 Å². The standard InChI is InChI=1S/C8H12O/c1-2-6-3-4-7-8(5-6)9-7/h2,6-8H,1,3-5H2/t6-,7?,8?/m0/s1. The molecule has 0 aromatic rings. The van der Waals surface area contributed by atoms with Crippen LogP contribution in [0.1, 0.15) is 19.3 Å². The van der Waals surface area contributed by atoms with E-state index in [-0.39, 0.29) is 0 Å². The van der Waals surface area contributed by atoms with Crippen LogP contribution in [0.25, 0.3) is 0 Å². The molecule has 0 aromatic carbocycles. The molecule has 2 unspecified atom stereocenters. The predicted octanol–water partition coefficient (Wildman–Crippen LogP) is 1.74. The molecule has 1 aliphatic carbocycles. The third-order valence-corrected chi connectivity index (χ3v) is 2.38. The van der Waals surface area contributed by atoms with Crippen molar-refractivity contribution in [3.63, 3.8) is 0 Å². The summed E-state index contributed by atoms with van der Waals surface area (Å²) >= 11 is 0. The van der Waals surface area contributed by atoms with E-state index in [1.54, 1.807) is 0 Å². The second kappa shape index (κ2) is 1.84. The van der Waals surface area contributed by atoms with Gasteiger partial charge in [-0.05, 0) is 25.2 Å². The molecule has 3 atom stereocenters. The molecule has 0 spiro atoms. The van der Waals surface area contributed by atoms with E-state index in [1.165, 1.54) is 19.3 Å². The van der Waals surface area contributed by atoms with E-state index in [2.05, 4.69) is 12.7 Å². The van der Waals surface area contributed by atoms with E-state index < -0.39 is 0 Å². The third kappa shape index (κ3) is 0.897. The van der Waals surface area contributed by atoms with Crippen LogP contribution >= 0.6 is 0 Å². The van der Waals surface area contributed by atoms with Crippen molar-refractivity contribution >= 4 is 0 Å². The Labute approximate surface area is 55.7 Å². The second-order valence-electron chi connectivity index (χ2n) is 3.02. The minimum atomic E-state index is 0.613. The predicted molar refractivity (Wildman–Crippen MR) is 36.2 cm³/mol. The molecule has 1 aliphatic heterocycles. The van der Waals surface area contributed by atoms with E-state index in [4.69, 9.17) is 4.74 Å². The van der Waals surface area contributed by atoms with Crippen molar-refractivity contribution in [2.24, 2.45) is 5.92 Å². The lowest BCUT2D eigenvalue weighted by molar-refractivity contribution is 0.370. The first-order chi connectivity index (χ1) is 4.40. The van der Waals surface area contributed by atoms with Crippen molar-refractivity contribution in [2.75, 3.05) is 0 Å². The third-order valence-electron chi connectivity index (χ3n) is 2.38. The van der Waals surface area contributed by atoms with Crippen LogP contribution in [-0.2, 0) is 4.74 Å². The summed E-state index contributed by atoms with van der Waals surface area (Å²) in [6.07, 6.45) is 7.11. The Morgan fingerprint density at radius 2 is 2.22 bits per heavy atom. The molecule has 1 saturated heterocycles. The Hall–Kier alpha value is -0.300. The van der Waals surface area contributed by atoms with Crippen LogP contribution in [0.4, 0.5) is 0 Å². The fourth-order valence-electron chi connectivity index (χ4n) is 1.65. The van der Waals surface area contributed by atoms with Crippen LogP contribution < -0.4 is 0 Å². The summed E-state index contributed by atoms with van der Waals surface area (Å²) in [5.41, 5.74) is 0. The molecule has 2 rings (SSSR count). The van der Waals surface area contributed by atoms with Gasteiger partial charge in [0.15, 0.2) is 0 Å². The first-order valence-electron chi connectivity index (χ1n) is 3.68. The summed E-state index contributed by atoms with van der Waals surface area (Å²) in [4.78, 5) is 0. The van der Waals surface area contributed by atoms with Gasteiger partial charge in [-0.2, -0.15) is 0 Å². The minimum Gasteiger partial charge on any atom is -0.370 e. The molecular formula is C8H12O. The summed E-state index contributed by atoms with van der Waals surface area (Å²) in [7, 11) is 0. The number of ether oxygens (including phenoxy) is 1. The summed E-state index contributed by atoms with van der Waals surface area (Å²) < 4.78 is 5.36. The number of rotatable bonds is 1. The number of epoxide rings is 1. The molecule has 9 heavy (non-hydrogen) atoms. The average Bonchev–Trinajstić information content (AvgIpc) is 2.64. The molecule has 1 saturated carbocycles. The Morgan fingerprint density at radius 3 is 2.89 bits per heavy atom. The van der Waals surface area contributed by atoms with E-state index in [1.807, 2.05) is 0 Å². The normalized spacial score (nSPS) is 47.8. The van der Waals surface area contributed by atoms with Gasteiger partial charge in [0.25, 0.3) is 0 Å². The summed E-state index contributed by atoms with van der Waals surface area (Å²) in [6.45, 7) is 3.78. The molecule has 0 bridgehead atoms. The van der Waals surface area contributed by atoms with Gasteiger partial charge in [0.1, 0.15) is 0 Å². The maximum absolute atomic E-state index is 5.36. The van der Waals surface area contributed by atoms with Crippen molar-refractivity contribution in [1.82, 2.24) is 0 Å². The van der Waals surface area contributed by atoms with Gasteiger partial charge in [-0.25, -0.2) is 0 Å². The van der Waals surface area contributed by atoms with Crippen molar-refractivity contribution in [3.8, 4) is 0 Å². The van der Waals surface area contributed by atoms with Crippen LogP contribution in [0.15, 0.2) is 12.7 Å². The van der Waals surface area contributed by atoms with Gasteiger partial charge in [0, 0.05) is 0 Å². The smallest absolute Gasteiger partial charge is 0.0847 e. The van der Waals surface area contributed by atoms with Crippen molar-refractivity contribution in [1.29, 1.82) is 0 Å². The van der Waals surface area contributed by atoms with Gasteiger partial charge in [0.05, 0.1) is 12.2 Å². The highest BCUT2D eigenvalue weighted by molar-refractivity contribution is 4.96. The molecule has 1 nitrogen and oxygen atoms in total. The number of fused-ring (bicyclic) bond motifs is 1. The van der Waals surface area contributed by atoms with E-state index in [0.717, 1.165) is 5.92 Å². The zero-order chi connectivity index (χ0) is 6.27. The van der Waals surface area contributed by atoms with Crippen molar-refractivity contribution in [3.05, 3.63) is 12.7 Å². The van der Waals surface area contributed by atoms with Crippen LogP contribution in [0, 0.1) is 5.92 Å². The topological polar surface area (TPSA) is 12.5 Å². The van der Waals surface area contributed by atoms with E-state index in [9.17, 15) is 0 Å². The quantitative estimate of drug-likeness (QED) is 0.383. The number of hydrogen-bond donors (Lipinski definition) is 0. The lowest BCUT2D eigenvalue weighted by Gasteiger charge is -2.12. The first kappa shape index (κ1) is 5.48. The first-order valence-corrected chi connectivity index (χ1v) is 3.68. The van der Waals surface area contributed by atoms with Gasteiger partial charge in [0.2, 0.25) is 0 Å². The van der Waals surface area contributed by atoms with Gasteiger partial charge in [-0.15, -0.1) is 6.58 Å². The van der Waals surface area contributed by atoms with Crippen LogP contribution in [0.3, 0.4) is 0 Å². The SMILES string of the molecule is C=C[C@H]1CCC2OC2C1. The largest absolute Gasteiger partial charge is 0.370 e. The highest BCUT2D eigenvalue weighted by Gasteiger charge is 2.42. The van der Waals surface area contributed by atoms with Gasteiger partial charge >= 0.3 is 0 Å². The molecular weight excluding hydrogens is 112 g/mol. The molecule has 2 aliphatic rings. The van der Waals surface area contributed by atoms with Crippen LogP contribution in [-0.4, -0.2) is 12.2 Å². The lowest BCUT2D eigenvalue weighted by atomic mass is 9.90. The Balaban J connectivity index is 1.93. The number of hydrogen-bond acceptors (Lipinski definition) is 1. The maximum Gasteiger partial charge on any atom is 0.0847 e. The summed E-state index contributed by atoms with van der Waals surface area (Å²) in [6, 6.07) is 0. The Bertz CT molecular complexity index is 131. The minimum absolute atomic E-state index is 0.613. The molecule has 0 amide bonds. The fourth-order valence-corrected chi connectivity index (χ4v) is 1.65. The van der Waals surface area contributed by atoms with Crippen LogP contribution in [0.5, 0.6) is 0 Å². The van der Waals surface area contributed by atoms with Crippen molar-refractivity contribution in [2.45, 2.75) is 31.5 Å². The van der Waals surface area contributed by atoms with Gasteiger partial charge in [-0.3, -0.25) is 0 Å². The molecule has 0 radical (unpaired) electrons. The molecule has 2 fully saturated rings. The summed E-state index contributed by atoms with van der Waals surface area (Å²) in [5.74, 6) is 0.744.